The van der Waals surface area contributed by atoms with E-state index in [9.17, 15) is 8.78 Å². The zero-order valence-electron chi connectivity index (χ0n) is 9.18. The summed E-state index contributed by atoms with van der Waals surface area (Å²) in [6.45, 7) is 0.350. The van der Waals surface area contributed by atoms with E-state index in [1.165, 1.54) is 12.1 Å². The molecular formula is C13H9Cl2F2N. The van der Waals surface area contributed by atoms with Crippen LogP contribution in [0.3, 0.4) is 0 Å². The van der Waals surface area contributed by atoms with Crippen molar-refractivity contribution in [3.05, 3.63) is 63.6 Å². The molecule has 0 atom stereocenters. The zero-order chi connectivity index (χ0) is 13.1. The second-order valence-corrected chi connectivity index (χ2v) is 4.63. The molecule has 1 N–H and O–H groups in total. The summed E-state index contributed by atoms with van der Waals surface area (Å²) in [5.74, 6) is -1.24. The molecule has 0 bridgehead atoms. The molecule has 2 rings (SSSR count). The van der Waals surface area contributed by atoms with Crippen LogP contribution in [0, 0.1) is 11.6 Å². The van der Waals surface area contributed by atoms with Crippen molar-refractivity contribution in [1.82, 2.24) is 0 Å². The molecule has 0 aliphatic carbocycles. The van der Waals surface area contributed by atoms with Crippen LogP contribution in [-0.2, 0) is 6.54 Å². The van der Waals surface area contributed by atoms with Crippen molar-refractivity contribution in [2.24, 2.45) is 0 Å². The van der Waals surface area contributed by atoms with E-state index >= 15 is 0 Å². The van der Waals surface area contributed by atoms with E-state index in [-0.39, 0.29) is 5.69 Å². The van der Waals surface area contributed by atoms with Gasteiger partial charge in [0.25, 0.3) is 0 Å². The lowest BCUT2D eigenvalue weighted by Crippen LogP contribution is -2.01. The lowest BCUT2D eigenvalue weighted by molar-refractivity contribution is 0.585. The van der Waals surface area contributed by atoms with Crippen molar-refractivity contribution in [1.29, 1.82) is 0 Å². The van der Waals surface area contributed by atoms with Gasteiger partial charge in [-0.25, -0.2) is 8.78 Å². The van der Waals surface area contributed by atoms with Crippen LogP contribution in [0.25, 0.3) is 0 Å². The van der Waals surface area contributed by atoms with Gasteiger partial charge in [0.2, 0.25) is 0 Å². The number of nitrogens with one attached hydrogen (secondary N) is 1. The summed E-state index contributed by atoms with van der Waals surface area (Å²) >= 11 is 11.7. The van der Waals surface area contributed by atoms with Crippen LogP contribution >= 0.6 is 23.2 Å². The second kappa shape index (κ2) is 5.55. The first-order valence-electron chi connectivity index (χ1n) is 5.18. The monoisotopic (exact) mass is 287 g/mol. The first kappa shape index (κ1) is 13.1. The maximum Gasteiger partial charge on any atom is 0.149 e. The summed E-state index contributed by atoms with van der Waals surface area (Å²) in [5.41, 5.74) is 1.05. The Balaban J connectivity index is 2.11. The summed E-state index contributed by atoms with van der Waals surface area (Å²) in [6.07, 6.45) is 0. The molecule has 0 unspecified atom stereocenters. The third-order valence-electron chi connectivity index (χ3n) is 2.34. The predicted molar refractivity (Wildman–Crippen MR) is 70.1 cm³/mol. The Hall–Kier alpha value is -1.32. The second-order valence-electron chi connectivity index (χ2n) is 3.76. The average Bonchev–Trinajstić information content (AvgIpc) is 2.26. The SMILES string of the molecule is Fc1ccc(NCc2cc(Cl)cc(Cl)c2)c(F)c1. The van der Waals surface area contributed by atoms with Gasteiger partial charge in [-0.2, -0.15) is 0 Å². The third-order valence-corrected chi connectivity index (χ3v) is 2.77. The van der Waals surface area contributed by atoms with E-state index in [1.54, 1.807) is 18.2 Å². The van der Waals surface area contributed by atoms with Gasteiger partial charge < -0.3 is 5.32 Å². The number of hydrogen-bond acceptors (Lipinski definition) is 1. The maximum absolute atomic E-state index is 13.4. The van der Waals surface area contributed by atoms with Gasteiger partial charge in [0, 0.05) is 22.7 Å². The van der Waals surface area contributed by atoms with Crippen molar-refractivity contribution in [3.8, 4) is 0 Å². The summed E-state index contributed by atoms with van der Waals surface area (Å²) in [4.78, 5) is 0. The molecule has 2 aromatic carbocycles. The molecule has 18 heavy (non-hydrogen) atoms. The summed E-state index contributed by atoms with van der Waals surface area (Å²) < 4.78 is 26.1. The van der Waals surface area contributed by atoms with Gasteiger partial charge in [-0.3, -0.25) is 0 Å². The predicted octanol–water partition coefficient (Wildman–Crippen LogP) is 4.88. The summed E-state index contributed by atoms with van der Waals surface area (Å²) in [7, 11) is 0. The fourth-order valence-corrected chi connectivity index (χ4v) is 2.11. The highest BCUT2D eigenvalue weighted by Crippen LogP contribution is 2.21. The fraction of sp³-hybridized carbons (Fsp3) is 0.0769. The third kappa shape index (κ3) is 3.34. The van der Waals surface area contributed by atoms with Crippen LogP contribution in [-0.4, -0.2) is 0 Å². The molecule has 0 heterocycles. The molecule has 2 aromatic rings. The van der Waals surface area contributed by atoms with Crippen molar-refractivity contribution in [2.45, 2.75) is 6.54 Å². The zero-order valence-corrected chi connectivity index (χ0v) is 10.7. The van der Waals surface area contributed by atoms with Gasteiger partial charge in [-0.1, -0.05) is 23.2 Å². The standard InChI is InChI=1S/C13H9Cl2F2N/c14-9-3-8(4-10(15)5-9)7-18-13-2-1-11(16)6-12(13)17/h1-6,18H,7H2. The largest absolute Gasteiger partial charge is 0.379 e. The number of halogens is 4. The molecule has 0 saturated carbocycles. The van der Waals surface area contributed by atoms with E-state index < -0.39 is 11.6 Å². The molecule has 0 aromatic heterocycles. The number of benzene rings is 2. The lowest BCUT2D eigenvalue weighted by Gasteiger charge is -2.08. The molecular weight excluding hydrogens is 279 g/mol. The normalized spacial score (nSPS) is 10.4. The minimum absolute atomic E-state index is 0.229. The van der Waals surface area contributed by atoms with Gasteiger partial charge in [0.1, 0.15) is 11.6 Å². The Bertz CT molecular complexity index is 553. The molecule has 0 radical (unpaired) electrons. The van der Waals surface area contributed by atoms with Crippen molar-refractivity contribution < 1.29 is 8.78 Å². The molecule has 0 aliphatic rings. The van der Waals surface area contributed by atoms with Crippen molar-refractivity contribution in [3.63, 3.8) is 0 Å². The minimum Gasteiger partial charge on any atom is -0.379 e. The molecule has 0 saturated heterocycles. The average molecular weight is 288 g/mol. The van der Waals surface area contributed by atoms with Gasteiger partial charge in [-0.15, -0.1) is 0 Å². The van der Waals surface area contributed by atoms with Gasteiger partial charge in [0.15, 0.2) is 0 Å². The topological polar surface area (TPSA) is 12.0 Å². The number of anilines is 1. The molecule has 0 amide bonds. The Labute approximate surface area is 113 Å². The Morgan fingerprint density at radius 2 is 1.61 bits per heavy atom. The molecule has 0 aliphatic heterocycles. The van der Waals surface area contributed by atoms with Crippen LogP contribution in [0.15, 0.2) is 36.4 Å². The Morgan fingerprint density at radius 1 is 0.944 bits per heavy atom. The van der Waals surface area contributed by atoms with Crippen molar-refractivity contribution in [2.75, 3.05) is 5.32 Å². The first-order valence-corrected chi connectivity index (χ1v) is 5.94. The summed E-state index contributed by atoms with van der Waals surface area (Å²) in [6, 6.07) is 8.43. The minimum atomic E-state index is -0.636. The van der Waals surface area contributed by atoms with Crippen molar-refractivity contribution >= 4 is 28.9 Å². The lowest BCUT2D eigenvalue weighted by atomic mass is 10.2. The molecule has 94 valence electrons. The van der Waals surface area contributed by atoms with E-state index in [0.717, 1.165) is 11.6 Å². The Kier molecular flexibility index (Phi) is 4.04. The molecule has 5 heteroatoms. The molecule has 0 fully saturated rings. The van der Waals surface area contributed by atoms with Crippen LogP contribution in [0.2, 0.25) is 10.0 Å². The molecule has 0 spiro atoms. The number of hydrogen-bond donors (Lipinski definition) is 1. The smallest absolute Gasteiger partial charge is 0.149 e. The van der Waals surface area contributed by atoms with Gasteiger partial charge in [-0.05, 0) is 35.9 Å². The van der Waals surface area contributed by atoms with Gasteiger partial charge in [0.05, 0.1) is 5.69 Å². The highest BCUT2D eigenvalue weighted by atomic mass is 35.5. The van der Waals surface area contributed by atoms with Gasteiger partial charge >= 0.3 is 0 Å². The summed E-state index contributed by atoms with van der Waals surface area (Å²) in [5, 5.41) is 3.88. The Morgan fingerprint density at radius 3 is 2.22 bits per heavy atom. The van der Waals surface area contributed by atoms with Crippen LogP contribution in [0.4, 0.5) is 14.5 Å². The maximum atomic E-state index is 13.4. The quantitative estimate of drug-likeness (QED) is 0.848. The van der Waals surface area contributed by atoms with Crippen LogP contribution < -0.4 is 5.32 Å². The highest BCUT2D eigenvalue weighted by molar-refractivity contribution is 6.34. The van der Waals surface area contributed by atoms with E-state index in [4.69, 9.17) is 23.2 Å². The van der Waals surface area contributed by atoms with E-state index in [0.29, 0.717) is 16.6 Å². The van der Waals surface area contributed by atoms with E-state index in [2.05, 4.69) is 5.32 Å². The van der Waals surface area contributed by atoms with Crippen LogP contribution in [0.5, 0.6) is 0 Å². The van der Waals surface area contributed by atoms with Crippen LogP contribution in [0.1, 0.15) is 5.56 Å². The number of rotatable bonds is 3. The highest BCUT2D eigenvalue weighted by Gasteiger charge is 2.04. The fourth-order valence-electron chi connectivity index (χ4n) is 1.54. The molecule has 1 nitrogen and oxygen atoms in total. The first-order chi connectivity index (χ1) is 8.54. The van der Waals surface area contributed by atoms with E-state index in [1.807, 2.05) is 0 Å².